The Morgan fingerprint density at radius 3 is 2.62 bits per heavy atom. The predicted molar refractivity (Wildman–Crippen MR) is 107 cm³/mol. The monoisotopic (exact) mass is 432 g/mol. The van der Waals surface area contributed by atoms with E-state index in [2.05, 4.69) is 0 Å². The summed E-state index contributed by atoms with van der Waals surface area (Å²) in [6, 6.07) is 7.82. The van der Waals surface area contributed by atoms with E-state index in [9.17, 15) is 24.3 Å². The van der Waals surface area contributed by atoms with E-state index in [4.69, 9.17) is 4.74 Å². The summed E-state index contributed by atoms with van der Waals surface area (Å²) in [5.41, 5.74) is 0.156. The molecule has 2 heterocycles. The van der Waals surface area contributed by atoms with Gasteiger partial charge in [0, 0.05) is 21.8 Å². The van der Waals surface area contributed by atoms with E-state index in [0.29, 0.717) is 11.3 Å². The van der Waals surface area contributed by atoms with Crippen LogP contribution in [0.25, 0.3) is 0 Å². The van der Waals surface area contributed by atoms with Crippen molar-refractivity contribution in [2.45, 2.75) is 36.8 Å². The molecular weight excluding hydrogens is 414 g/mol. The van der Waals surface area contributed by atoms with E-state index >= 15 is 0 Å². The first-order valence-electron chi connectivity index (χ1n) is 9.01. The van der Waals surface area contributed by atoms with Crippen LogP contribution in [0.1, 0.15) is 45.9 Å². The highest BCUT2D eigenvalue weighted by Crippen LogP contribution is 2.40. The third-order valence-corrected chi connectivity index (χ3v) is 6.82. The number of benzene rings is 1. The van der Waals surface area contributed by atoms with Gasteiger partial charge in [-0.1, -0.05) is 25.1 Å². The summed E-state index contributed by atoms with van der Waals surface area (Å²) in [6.07, 6.45) is 0.553. The normalized spacial score (nSPS) is 16.3. The maximum atomic E-state index is 13.0. The topological polar surface area (TPSA) is 104 Å². The van der Waals surface area contributed by atoms with Crippen LogP contribution in [0.2, 0.25) is 0 Å². The Morgan fingerprint density at radius 2 is 1.97 bits per heavy atom. The first-order valence-corrected chi connectivity index (χ1v) is 10.7. The number of thiophene rings is 1. The van der Waals surface area contributed by atoms with Gasteiger partial charge in [0.1, 0.15) is 5.00 Å². The molecule has 29 heavy (non-hydrogen) atoms. The third kappa shape index (κ3) is 4.20. The average molecular weight is 432 g/mol. The summed E-state index contributed by atoms with van der Waals surface area (Å²) in [6.45, 7) is 3.77. The number of carboxylic acids is 1. The molecule has 3 rings (SSSR count). The minimum atomic E-state index is -1.35. The quantitative estimate of drug-likeness (QED) is 0.488. The van der Waals surface area contributed by atoms with Gasteiger partial charge in [0.15, 0.2) is 0 Å². The lowest BCUT2D eigenvalue weighted by atomic mass is 10.2. The van der Waals surface area contributed by atoms with Gasteiger partial charge >= 0.3 is 5.97 Å². The molecule has 1 atom stereocenters. The first-order chi connectivity index (χ1) is 13.9. The highest BCUT2D eigenvalue weighted by molar-refractivity contribution is 8.00. The van der Waals surface area contributed by atoms with Gasteiger partial charge in [-0.25, -0.2) is 9.69 Å². The number of hydrogen-bond donors (Lipinski definition) is 0. The van der Waals surface area contributed by atoms with Crippen molar-refractivity contribution >= 4 is 51.9 Å². The van der Waals surface area contributed by atoms with Crippen LogP contribution in [0.4, 0.5) is 5.00 Å². The largest absolute Gasteiger partial charge is 0.545 e. The molecule has 9 heteroatoms. The zero-order valence-electron chi connectivity index (χ0n) is 15.8. The molecule has 1 aromatic carbocycles. The molecule has 0 saturated carbocycles. The number of imide groups is 1. The molecule has 7 nitrogen and oxygen atoms in total. The second-order valence-electron chi connectivity index (χ2n) is 6.17. The van der Waals surface area contributed by atoms with Crippen molar-refractivity contribution in [2.75, 3.05) is 11.5 Å². The molecule has 1 unspecified atom stereocenters. The van der Waals surface area contributed by atoms with Crippen LogP contribution >= 0.6 is 23.1 Å². The molecule has 2 amide bonds. The minimum Gasteiger partial charge on any atom is -0.545 e. The molecule has 152 valence electrons. The molecule has 1 saturated heterocycles. The number of aromatic carboxylic acids is 1. The number of thioether (sulfide) groups is 1. The lowest BCUT2D eigenvalue weighted by Crippen LogP contribution is -2.31. The van der Waals surface area contributed by atoms with Gasteiger partial charge in [-0.15, -0.1) is 23.1 Å². The number of carboxylic acid groups (broad SMARTS) is 1. The Balaban J connectivity index is 1.91. The highest BCUT2D eigenvalue weighted by Gasteiger charge is 2.43. The molecule has 0 radical (unpaired) electrons. The maximum Gasteiger partial charge on any atom is 0.341 e. The van der Waals surface area contributed by atoms with E-state index in [-0.39, 0.29) is 29.2 Å². The molecule has 2 aromatic rings. The molecule has 1 aromatic heterocycles. The summed E-state index contributed by atoms with van der Waals surface area (Å²) in [7, 11) is 0. The summed E-state index contributed by atoms with van der Waals surface area (Å²) in [4.78, 5) is 51.5. The molecule has 0 bridgehead atoms. The Bertz CT molecular complexity index is 983. The van der Waals surface area contributed by atoms with Crippen molar-refractivity contribution in [1.82, 2.24) is 0 Å². The molecule has 0 aliphatic carbocycles. The Kier molecular flexibility index (Phi) is 6.39. The van der Waals surface area contributed by atoms with E-state index < -0.39 is 29.0 Å². The fourth-order valence-corrected chi connectivity index (χ4v) is 5.21. The zero-order valence-corrected chi connectivity index (χ0v) is 17.4. The number of ether oxygens (including phenoxy) is 1. The first kappa shape index (κ1) is 21.1. The number of carbonyl (C=O) groups excluding carboxylic acids is 4. The second-order valence-corrected chi connectivity index (χ2v) is 8.53. The average Bonchev–Trinajstić information content (AvgIpc) is 3.23. The number of anilines is 1. The van der Waals surface area contributed by atoms with Crippen LogP contribution in [-0.4, -0.2) is 35.6 Å². The van der Waals surface area contributed by atoms with Crippen molar-refractivity contribution in [3.8, 4) is 0 Å². The summed E-state index contributed by atoms with van der Waals surface area (Å²) in [5, 5.41) is 10.8. The van der Waals surface area contributed by atoms with E-state index in [0.717, 1.165) is 21.5 Å². The molecular formula is C20H18NO6S2-. The van der Waals surface area contributed by atoms with Gasteiger partial charge in [-0.2, -0.15) is 0 Å². The number of esters is 1. The van der Waals surface area contributed by atoms with Crippen molar-refractivity contribution < 1.29 is 29.0 Å². The summed E-state index contributed by atoms with van der Waals surface area (Å²) >= 11 is 2.21. The van der Waals surface area contributed by atoms with Crippen LogP contribution in [-0.2, 0) is 20.7 Å². The molecule has 1 aliphatic heterocycles. The molecule has 1 aliphatic rings. The third-order valence-electron chi connectivity index (χ3n) is 4.29. The number of rotatable bonds is 7. The summed E-state index contributed by atoms with van der Waals surface area (Å²) < 4.78 is 5.06. The molecule has 0 spiro atoms. The van der Waals surface area contributed by atoms with E-state index in [1.165, 1.54) is 17.4 Å². The van der Waals surface area contributed by atoms with Crippen molar-refractivity contribution in [1.29, 1.82) is 0 Å². The molecule has 0 N–H and O–H groups in total. The van der Waals surface area contributed by atoms with Crippen LogP contribution in [0.15, 0.2) is 35.2 Å². The van der Waals surface area contributed by atoms with Crippen LogP contribution in [0.3, 0.4) is 0 Å². The fraction of sp³-hybridized carbons (Fsp3) is 0.300. The number of nitrogens with zero attached hydrogens (tertiary/aromatic N) is 1. The second kappa shape index (κ2) is 8.79. The van der Waals surface area contributed by atoms with E-state index in [1.807, 2.05) is 6.92 Å². The summed E-state index contributed by atoms with van der Waals surface area (Å²) in [5.74, 6) is -2.86. The van der Waals surface area contributed by atoms with Gasteiger partial charge in [-0.3, -0.25) is 9.59 Å². The van der Waals surface area contributed by atoms with Gasteiger partial charge < -0.3 is 14.6 Å². The predicted octanol–water partition coefficient (Wildman–Crippen LogP) is 2.27. The maximum absolute atomic E-state index is 13.0. The van der Waals surface area contributed by atoms with E-state index in [1.54, 1.807) is 31.2 Å². The Morgan fingerprint density at radius 1 is 1.24 bits per heavy atom. The molecule has 1 fully saturated rings. The van der Waals surface area contributed by atoms with Gasteiger partial charge in [0.05, 0.1) is 23.4 Å². The zero-order chi connectivity index (χ0) is 21.1. The lowest BCUT2D eigenvalue weighted by molar-refractivity contribution is -0.255. The van der Waals surface area contributed by atoms with Gasteiger partial charge in [0.25, 0.3) is 0 Å². The number of aryl methyl sites for hydroxylation is 1. The number of amides is 2. The number of carbonyl (C=O) groups is 4. The minimum absolute atomic E-state index is 0.0344. The van der Waals surface area contributed by atoms with Crippen molar-refractivity contribution in [3.05, 3.63) is 46.3 Å². The Labute approximate surface area is 175 Å². The SMILES string of the molecule is CCOC(=O)c1cc(CC)sc1N1C(=O)CC(Sc2ccccc2C(=O)[O-])C1=O. The van der Waals surface area contributed by atoms with Gasteiger partial charge in [-0.05, 0) is 25.5 Å². The van der Waals surface area contributed by atoms with Crippen LogP contribution < -0.4 is 10.0 Å². The smallest absolute Gasteiger partial charge is 0.341 e. The standard InChI is InChI=1S/C20H19NO6S2/c1-3-11-9-13(20(26)27-4-2)18(28-11)21-16(22)10-15(17(21)23)29-14-8-6-5-7-12(14)19(24)25/h5-9,15H,3-4,10H2,1-2H3,(H,24,25)/p-1. The van der Waals surface area contributed by atoms with Crippen molar-refractivity contribution in [2.24, 2.45) is 0 Å². The number of hydrogen-bond acceptors (Lipinski definition) is 8. The Hall–Kier alpha value is -2.65. The lowest BCUT2D eigenvalue weighted by Gasteiger charge is -2.15. The highest BCUT2D eigenvalue weighted by atomic mass is 32.2. The van der Waals surface area contributed by atoms with Crippen LogP contribution in [0.5, 0.6) is 0 Å². The van der Waals surface area contributed by atoms with Crippen LogP contribution in [0, 0.1) is 0 Å². The fourth-order valence-electron chi connectivity index (χ4n) is 2.93. The van der Waals surface area contributed by atoms with Gasteiger partial charge in [0.2, 0.25) is 11.8 Å². The van der Waals surface area contributed by atoms with Crippen molar-refractivity contribution in [3.63, 3.8) is 0 Å².